The zero-order chi connectivity index (χ0) is 12.4. The zero-order valence-corrected chi connectivity index (χ0v) is 11.3. The highest BCUT2D eigenvalue weighted by Gasteiger charge is 2.10. The molecule has 0 saturated carbocycles. The number of anilines is 1. The third-order valence-corrected chi connectivity index (χ3v) is 3.83. The van der Waals surface area contributed by atoms with Crippen LogP contribution in [0.1, 0.15) is 18.5 Å². The maximum atomic E-state index is 13.1. The molecule has 17 heavy (non-hydrogen) atoms. The smallest absolute Gasteiger partial charge is 0.125 e. The van der Waals surface area contributed by atoms with Crippen molar-refractivity contribution in [2.45, 2.75) is 13.0 Å². The van der Waals surface area contributed by atoms with Gasteiger partial charge in [0.05, 0.1) is 15.0 Å². The summed E-state index contributed by atoms with van der Waals surface area (Å²) in [6.07, 6.45) is 0. The van der Waals surface area contributed by atoms with Gasteiger partial charge in [-0.1, -0.05) is 23.2 Å². The van der Waals surface area contributed by atoms with E-state index in [0.29, 0.717) is 10.7 Å². The van der Waals surface area contributed by atoms with Crippen molar-refractivity contribution in [3.8, 4) is 0 Å². The van der Waals surface area contributed by atoms with Crippen molar-refractivity contribution >= 4 is 40.2 Å². The molecule has 0 fully saturated rings. The Bertz CT molecular complexity index is 527. The summed E-state index contributed by atoms with van der Waals surface area (Å²) < 4.78 is 13.8. The molecule has 1 nitrogen and oxygen atoms in total. The van der Waals surface area contributed by atoms with E-state index in [1.807, 2.05) is 18.4 Å². The van der Waals surface area contributed by atoms with Crippen molar-refractivity contribution in [1.82, 2.24) is 0 Å². The lowest BCUT2D eigenvalue weighted by Gasteiger charge is -2.15. The van der Waals surface area contributed by atoms with E-state index in [2.05, 4.69) is 5.32 Å². The van der Waals surface area contributed by atoms with Crippen LogP contribution in [0.15, 0.2) is 29.6 Å². The van der Waals surface area contributed by atoms with Crippen molar-refractivity contribution in [3.63, 3.8) is 0 Å². The molecule has 0 aliphatic heterocycles. The van der Waals surface area contributed by atoms with Gasteiger partial charge in [-0.3, -0.25) is 0 Å². The van der Waals surface area contributed by atoms with E-state index in [1.54, 1.807) is 0 Å². The first-order valence-electron chi connectivity index (χ1n) is 5.02. The fourth-order valence-electron chi connectivity index (χ4n) is 1.48. The summed E-state index contributed by atoms with van der Waals surface area (Å²) in [5.74, 6) is -0.313. The molecule has 2 aromatic rings. The van der Waals surface area contributed by atoms with Crippen LogP contribution < -0.4 is 5.32 Å². The van der Waals surface area contributed by atoms with Gasteiger partial charge in [0.1, 0.15) is 5.82 Å². The van der Waals surface area contributed by atoms with Crippen molar-refractivity contribution in [1.29, 1.82) is 0 Å². The van der Waals surface area contributed by atoms with Gasteiger partial charge in [0.15, 0.2) is 0 Å². The Kier molecular flexibility index (Phi) is 3.92. The van der Waals surface area contributed by atoms with Gasteiger partial charge in [-0.15, -0.1) is 11.3 Å². The number of hydrogen-bond donors (Lipinski definition) is 1. The van der Waals surface area contributed by atoms with Crippen LogP contribution in [0.4, 0.5) is 10.1 Å². The van der Waals surface area contributed by atoms with Crippen molar-refractivity contribution < 1.29 is 4.39 Å². The number of thiophene rings is 1. The van der Waals surface area contributed by atoms with E-state index >= 15 is 0 Å². The lowest BCUT2D eigenvalue weighted by molar-refractivity contribution is 0.628. The first kappa shape index (κ1) is 12.7. The third kappa shape index (κ3) is 3.12. The van der Waals surface area contributed by atoms with E-state index in [0.717, 1.165) is 9.90 Å². The van der Waals surface area contributed by atoms with Gasteiger partial charge in [-0.05, 0) is 42.1 Å². The van der Waals surface area contributed by atoms with Crippen LogP contribution in [0.3, 0.4) is 0 Å². The van der Waals surface area contributed by atoms with Crippen molar-refractivity contribution in [2.24, 2.45) is 0 Å². The minimum Gasteiger partial charge on any atom is -0.377 e. The predicted octanol–water partition coefficient (Wildman–Crippen LogP) is 5.37. The number of benzene rings is 1. The number of hydrogen-bond acceptors (Lipinski definition) is 2. The molecule has 0 saturated heterocycles. The Labute approximate surface area is 113 Å². The monoisotopic (exact) mass is 289 g/mol. The first-order chi connectivity index (χ1) is 8.06. The number of halogens is 3. The number of nitrogens with one attached hydrogen (secondary N) is 1. The van der Waals surface area contributed by atoms with Crippen LogP contribution in [0.25, 0.3) is 0 Å². The zero-order valence-electron chi connectivity index (χ0n) is 9.01. The molecular weight excluding hydrogens is 280 g/mol. The standard InChI is InChI=1S/C12H10Cl2FNS/c1-7(8-4-12(14)17-6-8)16-11-5-9(15)2-3-10(11)13/h2-7,16H,1H3. The molecule has 2 rings (SSSR count). The van der Waals surface area contributed by atoms with Crippen molar-refractivity contribution in [3.05, 3.63) is 50.4 Å². The van der Waals surface area contributed by atoms with Gasteiger partial charge in [-0.2, -0.15) is 0 Å². The Morgan fingerprint density at radius 3 is 2.71 bits per heavy atom. The molecule has 0 bridgehead atoms. The summed E-state index contributed by atoms with van der Waals surface area (Å²) in [5.41, 5.74) is 1.64. The molecule has 1 aromatic heterocycles. The lowest BCUT2D eigenvalue weighted by Crippen LogP contribution is -2.06. The highest BCUT2D eigenvalue weighted by Crippen LogP contribution is 2.30. The molecule has 90 valence electrons. The van der Waals surface area contributed by atoms with E-state index in [9.17, 15) is 4.39 Å². The fraction of sp³-hybridized carbons (Fsp3) is 0.167. The first-order valence-corrected chi connectivity index (χ1v) is 6.65. The van der Waals surface area contributed by atoms with Crippen molar-refractivity contribution in [2.75, 3.05) is 5.32 Å². The Morgan fingerprint density at radius 2 is 2.06 bits per heavy atom. The summed E-state index contributed by atoms with van der Waals surface area (Å²) in [6, 6.07) is 6.16. The Morgan fingerprint density at radius 1 is 1.29 bits per heavy atom. The van der Waals surface area contributed by atoms with Crippen LogP contribution in [-0.2, 0) is 0 Å². The largest absolute Gasteiger partial charge is 0.377 e. The average Bonchev–Trinajstić information content (AvgIpc) is 2.70. The predicted molar refractivity (Wildman–Crippen MR) is 72.8 cm³/mol. The molecule has 1 aromatic carbocycles. The van der Waals surface area contributed by atoms with Gasteiger partial charge in [0.25, 0.3) is 0 Å². The van der Waals surface area contributed by atoms with Crippen LogP contribution in [-0.4, -0.2) is 0 Å². The van der Waals surface area contributed by atoms with E-state index in [1.165, 1.54) is 29.5 Å². The second-order valence-corrected chi connectivity index (χ2v) is 5.62. The second kappa shape index (κ2) is 5.25. The third-order valence-electron chi connectivity index (χ3n) is 2.39. The molecule has 0 spiro atoms. The van der Waals surface area contributed by atoms with Gasteiger partial charge in [0.2, 0.25) is 0 Å². The van der Waals surface area contributed by atoms with Crippen LogP contribution >= 0.6 is 34.5 Å². The Hall–Kier alpha value is -0.770. The molecule has 0 radical (unpaired) electrons. The van der Waals surface area contributed by atoms with Crippen LogP contribution in [0.2, 0.25) is 9.36 Å². The molecule has 0 aliphatic rings. The topological polar surface area (TPSA) is 12.0 Å². The normalized spacial score (nSPS) is 12.5. The second-order valence-electron chi connectivity index (χ2n) is 3.67. The van der Waals surface area contributed by atoms with Gasteiger partial charge < -0.3 is 5.32 Å². The molecule has 0 amide bonds. The maximum Gasteiger partial charge on any atom is 0.125 e. The Balaban J connectivity index is 2.18. The molecule has 1 heterocycles. The highest BCUT2D eigenvalue weighted by molar-refractivity contribution is 7.14. The van der Waals surface area contributed by atoms with E-state index in [4.69, 9.17) is 23.2 Å². The molecule has 1 unspecified atom stereocenters. The molecule has 0 aliphatic carbocycles. The van der Waals surface area contributed by atoms with Gasteiger partial charge >= 0.3 is 0 Å². The lowest BCUT2D eigenvalue weighted by atomic mass is 10.1. The van der Waals surface area contributed by atoms with E-state index in [-0.39, 0.29) is 11.9 Å². The summed E-state index contributed by atoms with van der Waals surface area (Å²) >= 11 is 13.3. The molecule has 5 heteroatoms. The molecule has 1 atom stereocenters. The van der Waals surface area contributed by atoms with E-state index < -0.39 is 0 Å². The quantitative estimate of drug-likeness (QED) is 0.801. The van der Waals surface area contributed by atoms with Gasteiger partial charge in [0, 0.05) is 6.04 Å². The minimum absolute atomic E-state index is 0.0260. The molecule has 1 N–H and O–H groups in total. The average molecular weight is 290 g/mol. The minimum atomic E-state index is -0.313. The summed E-state index contributed by atoms with van der Waals surface area (Å²) in [4.78, 5) is 0. The number of rotatable bonds is 3. The summed E-state index contributed by atoms with van der Waals surface area (Å²) in [6.45, 7) is 1.97. The fourth-order valence-corrected chi connectivity index (χ4v) is 2.63. The van der Waals surface area contributed by atoms with Crippen LogP contribution in [0, 0.1) is 5.82 Å². The summed E-state index contributed by atoms with van der Waals surface area (Å²) in [5, 5.41) is 5.62. The molecular formula is C12H10Cl2FNS. The summed E-state index contributed by atoms with van der Waals surface area (Å²) in [7, 11) is 0. The maximum absolute atomic E-state index is 13.1. The SMILES string of the molecule is CC(Nc1cc(F)ccc1Cl)c1csc(Cl)c1. The van der Waals surface area contributed by atoms with Gasteiger partial charge in [-0.25, -0.2) is 4.39 Å². The van der Waals surface area contributed by atoms with Crippen LogP contribution in [0.5, 0.6) is 0 Å². The highest BCUT2D eigenvalue weighted by atomic mass is 35.5.